The minimum absolute atomic E-state index is 0.0272. The molecule has 2 rings (SSSR count). The highest BCUT2D eigenvalue weighted by Crippen LogP contribution is 2.20. The molecule has 0 amide bonds. The van der Waals surface area contributed by atoms with Crippen LogP contribution >= 0.6 is 0 Å². The molecular weight excluding hydrogens is 204 g/mol. The number of aliphatic hydroxyl groups excluding tert-OH is 1. The van der Waals surface area contributed by atoms with Crippen molar-refractivity contribution in [2.24, 2.45) is 5.92 Å². The van der Waals surface area contributed by atoms with E-state index < -0.39 is 0 Å². The molecule has 0 spiro atoms. The molecule has 1 aliphatic rings. The lowest BCUT2D eigenvalue weighted by Gasteiger charge is -2.20. The normalized spacial score (nSPS) is 22.1. The molecule has 0 radical (unpaired) electrons. The summed E-state index contributed by atoms with van der Waals surface area (Å²) in [6, 6.07) is 0.628. The highest BCUT2D eigenvalue weighted by Gasteiger charge is 2.24. The van der Waals surface area contributed by atoms with Crippen LogP contribution in [0.25, 0.3) is 0 Å². The SMILES string of the molecule is CC(C)N1CCC(Cn2cnnc2CO)C1. The van der Waals surface area contributed by atoms with Gasteiger partial charge in [0.15, 0.2) is 5.82 Å². The third kappa shape index (κ3) is 2.41. The molecule has 5 nitrogen and oxygen atoms in total. The number of aromatic nitrogens is 3. The Bertz CT molecular complexity index is 336. The Morgan fingerprint density at radius 2 is 2.38 bits per heavy atom. The first-order chi connectivity index (χ1) is 7.70. The first-order valence-electron chi connectivity index (χ1n) is 5.92. The minimum atomic E-state index is -0.0272. The molecule has 1 aliphatic heterocycles. The predicted molar refractivity (Wildman–Crippen MR) is 60.8 cm³/mol. The zero-order valence-electron chi connectivity index (χ0n) is 10.0. The van der Waals surface area contributed by atoms with Gasteiger partial charge in [-0.25, -0.2) is 0 Å². The second kappa shape index (κ2) is 4.93. The number of nitrogens with zero attached hydrogens (tertiary/aromatic N) is 4. The largest absolute Gasteiger partial charge is 0.388 e. The molecule has 1 fully saturated rings. The van der Waals surface area contributed by atoms with Gasteiger partial charge >= 0.3 is 0 Å². The Morgan fingerprint density at radius 1 is 1.56 bits per heavy atom. The van der Waals surface area contributed by atoms with E-state index >= 15 is 0 Å². The molecule has 16 heavy (non-hydrogen) atoms. The van der Waals surface area contributed by atoms with E-state index in [1.807, 2.05) is 4.57 Å². The number of hydrogen-bond acceptors (Lipinski definition) is 4. The first-order valence-corrected chi connectivity index (χ1v) is 5.92. The molecule has 2 heterocycles. The van der Waals surface area contributed by atoms with Gasteiger partial charge in [-0.2, -0.15) is 0 Å². The molecule has 0 bridgehead atoms. The van der Waals surface area contributed by atoms with Crippen LogP contribution in [0, 0.1) is 5.92 Å². The van der Waals surface area contributed by atoms with E-state index in [2.05, 4.69) is 28.9 Å². The van der Waals surface area contributed by atoms with Crippen molar-refractivity contribution in [3.05, 3.63) is 12.2 Å². The fraction of sp³-hybridized carbons (Fsp3) is 0.818. The zero-order valence-corrected chi connectivity index (χ0v) is 10.0. The monoisotopic (exact) mass is 224 g/mol. The molecule has 1 unspecified atom stereocenters. The van der Waals surface area contributed by atoms with E-state index in [4.69, 9.17) is 5.11 Å². The Morgan fingerprint density at radius 3 is 3.00 bits per heavy atom. The van der Waals surface area contributed by atoms with Gasteiger partial charge in [-0.1, -0.05) is 0 Å². The van der Waals surface area contributed by atoms with E-state index in [0.29, 0.717) is 17.8 Å². The van der Waals surface area contributed by atoms with E-state index in [0.717, 1.165) is 13.1 Å². The lowest BCUT2D eigenvalue weighted by Crippen LogP contribution is -2.28. The maximum atomic E-state index is 9.09. The summed E-state index contributed by atoms with van der Waals surface area (Å²) in [7, 11) is 0. The molecule has 90 valence electrons. The minimum Gasteiger partial charge on any atom is -0.388 e. The Labute approximate surface area is 96.1 Å². The third-order valence-electron chi connectivity index (χ3n) is 3.34. The summed E-state index contributed by atoms with van der Waals surface area (Å²) in [6.07, 6.45) is 2.94. The van der Waals surface area contributed by atoms with Gasteiger partial charge in [-0.3, -0.25) is 0 Å². The molecule has 0 aliphatic carbocycles. The summed E-state index contributed by atoms with van der Waals surface area (Å²) in [5.74, 6) is 1.33. The van der Waals surface area contributed by atoms with Crippen LogP contribution in [-0.4, -0.2) is 43.9 Å². The maximum Gasteiger partial charge on any atom is 0.158 e. The van der Waals surface area contributed by atoms with Gasteiger partial charge in [0, 0.05) is 19.1 Å². The van der Waals surface area contributed by atoms with Crippen LogP contribution in [0.2, 0.25) is 0 Å². The van der Waals surface area contributed by atoms with Crippen molar-refractivity contribution in [3.63, 3.8) is 0 Å². The van der Waals surface area contributed by atoms with E-state index in [1.54, 1.807) is 6.33 Å². The van der Waals surface area contributed by atoms with Crippen LogP contribution < -0.4 is 0 Å². The fourth-order valence-electron chi connectivity index (χ4n) is 2.31. The number of likely N-dealkylation sites (tertiary alicyclic amines) is 1. The second-order valence-corrected chi connectivity index (χ2v) is 4.80. The molecule has 1 aromatic rings. The Kier molecular flexibility index (Phi) is 3.56. The lowest BCUT2D eigenvalue weighted by atomic mass is 10.1. The van der Waals surface area contributed by atoms with Crippen LogP contribution in [0.1, 0.15) is 26.1 Å². The van der Waals surface area contributed by atoms with E-state index in [1.165, 1.54) is 13.0 Å². The van der Waals surface area contributed by atoms with Crippen molar-refractivity contribution >= 4 is 0 Å². The summed E-state index contributed by atoms with van der Waals surface area (Å²) < 4.78 is 1.97. The van der Waals surface area contributed by atoms with Crippen molar-refractivity contribution in [2.75, 3.05) is 13.1 Å². The molecule has 1 aromatic heterocycles. The summed E-state index contributed by atoms with van der Waals surface area (Å²) in [5, 5.41) is 16.8. The van der Waals surface area contributed by atoms with E-state index in [-0.39, 0.29) is 6.61 Å². The van der Waals surface area contributed by atoms with E-state index in [9.17, 15) is 0 Å². The van der Waals surface area contributed by atoms with Crippen LogP contribution in [0.4, 0.5) is 0 Å². The zero-order chi connectivity index (χ0) is 11.5. The molecular formula is C11H20N4O. The van der Waals surface area contributed by atoms with Gasteiger partial charge in [-0.15, -0.1) is 10.2 Å². The van der Waals surface area contributed by atoms with Crippen molar-refractivity contribution in [1.82, 2.24) is 19.7 Å². The standard InChI is InChI=1S/C11H20N4O/c1-9(2)14-4-3-10(5-14)6-15-8-12-13-11(15)7-16/h8-10,16H,3-7H2,1-2H3. The van der Waals surface area contributed by atoms with Crippen molar-refractivity contribution in [1.29, 1.82) is 0 Å². The van der Waals surface area contributed by atoms with Gasteiger partial charge in [0.1, 0.15) is 12.9 Å². The van der Waals surface area contributed by atoms with Gasteiger partial charge in [-0.05, 0) is 32.7 Å². The summed E-state index contributed by atoms with van der Waals surface area (Å²) in [4.78, 5) is 2.49. The second-order valence-electron chi connectivity index (χ2n) is 4.80. The highest BCUT2D eigenvalue weighted by atomic mass is 16.3. The van der Waals surface area contributed by atoms with Crippen molar-refractivity contribution in [2.45, 2.75) is 39.5 Å². The van der Waals surface area contributed by atoms with Gasteiger partial charge in [0.2, 0.25) is 0 Å². The number of hydrogen-bond donors (Lipinski definition) is 1. The average molecular weight is 224 g/mol. The quantitative estimate of drug-likeness (QED) is 0.809. The topological polar surface area (TPSA) is 54.2 Å². The van der Waals surface area contributed by atoms with Crippen LogP contribution in [-0.2, 0) is 13.2 Å². The smallest absolute Gasteiger partial charge is 0.158 e. The Balaban J connectivity index is 1.92. The summed E-state index contributed by atoms with van der Waals surface area (Å²) in [5.41, 5.74) is 0. The highest BCUT2D eigenvalue weighted by molar-refractivity contribution is 4.86. The van der Waals surface area contributed by atoms with Gasteiger partial charge in [0.25, 0.3) is 0 Å². The third-order valence-corrected chi connectivity index (χ3v) is 3.34. The van der Waals surface area contributed by atoms with Crippen molar-refractivity contribution < 1.29 is 5.11 Å². The molecule has 0 saturated carbocycles. The number of rotatable bonds is 4. The molecule has 1 atom stereocenters. The van der Waals surface area contributed by atoms with Crippen molar-refractivity contribution in [3.8, 4) is 0 Å². The fourth-order valence-corrected chi connectivity index (χ4v) is 2.31. The van der Waals surface area contributed by atoms with Crippen LogP contribution in [0.3, 0.4) is 0 Å². The summed E-state index contributed by atoms with van der Waals surface area (Å²) >= 11 is 0. The predicted octanol–water partition coefficient (Wildman–Crippen LogP) is 0.501. The van der Waals surface area contributed by atoms with Crippen LogP contribution in [0.5, 0.6) is 0 Å². The average Bonchev–Trinajstić information content (AvgIpc) is 2.87. The summed E-state index contributed by atoms with van der Waals surface area (Å²) in [6.45, 7) is 7.69. The Hall–Kier alpha value is -0.940. The van der Waals surface area contributed by atoms with Gasteiger partial charge in [0.05, 0.1) is 0 Å². The van der Waals surface area contributed by atoms with Gasteiger partial charge < -0.3 is 14.6 Å². The molecule has 5 heteroatoms. The lowest BCUT2D eigenvalue weighted by molar-refractivity contribution is 0.250. The number of aliphatic hydroxyl groups is 1. The first kappa shape index (κ1) is 11.5. The molecule has 1 saturated heterocycles. The molecule has 0 aromatic carbocycles. The van der Waals surface area contributed by atoms with Crippen LogP contribution in [0.15, 0.2) is 6.33 Å². The maximum absolute atomic E-state index is 9.09. The molecule has 1 N–H and O–H groups in total.